The fourth-order valence-electron chi connectivity index (χ4n) is 0.246. The topological polar surface area (TPSA) is 80.3 Å². The molecule has 0 aromatic heterocycles. The van der Waals surface area contributed by atoms with Crippen LogP contribution in [0.3, 0.4) is 0 Å². The molecule has 0 unspecified atom stereocenters. The van der Waals surface area contributed by atoms with E-state index in [2.05, 4.69) is 6.58 Å². The zero-order valence-corrected chi connectivity index (χ0v) is 5.79. The summed E-state index contributed by atoms with van der Waals surface area (Å²) in [7, 11) is 0. The van der Waals surface area contributed by atoms with E-state index in [1.54, 1.807) is 0 Å². The van der Waals surface area contributed by atoms with Gasteiger partial charge in [0.1, 0.15) is 0 Å². The Morgan fingerprint density at radius 2 is 1.70 bits per heavy atom. The van der Waals surface area contributed by atoms with E-state index in [1.165, 1.54) is 0 Å². The minimum absolute atomic E-state index is 0. The summed E-state index contributed by atoms with van der Waals surface area (Å²) in [5, 5.41) is 19.4. The van der Waals surface area contributed by atoms with Crippen LogP contribution in [0.15, 0.2) is 12.2 Å². The van der Waals surface area contributed by atoms with Crippen LogP contribution < -0.4 is 10.2 Å². The normalized spacial score (nSPS) is 7.60. The number of hydrogen-bond acceptors (Lipinski definition) is 4. The van der Waals surface area contributed by atoms with E-state index in [4.69, 9.17) is 0 Å². The van der Waals surface area contributed by atoms with Gasteiger partial charge in [-0.1, -0.05) is 6.58 Å². The van der Waals surface area contributed by atoms with E-state index in [0.717, 1.165) is 0 Å². The Morgan fingerprint density at radius 1 is 1.30 bits per heavy atom. The van der Waals surface area contributed by atoms with Gasteiger partial charge in [0, 0.05) is 12.4 Å². The van der Waals surface area contributed by atoms with Gasteiger partial charge in [-0.2, -0.15) is 0 Å². The van der Waals surface area contributed by atoms with E-state index in [1.807, 2.05) is 0 Å². The quantitative estimate of drug-likeness (QED) is 0.363. The first kappa shape index (κ1) is 11.9. The third-order valence-corrected chi connectivity index (χ3v) is 0.646. The maximum atomic E-state index is 9.73. The molecule has 0 aliphatic rings. The molecule has 0 aromatic carbocycles. The average molecular weight is 192 g/mol. The van der Waals surface area contributed by atoms with Crippen LogP contribution in [0, 0.1) is 0 Å². The standard InChI is InChI=1S/C5H6O4.Cu/c1-3(5(8)9)2-4(6)7;/h1-2H2,(H,6,7)(H,8,9);/q;+2/p-2. The molecule has 0 atom stereocenters. The summed E-state index contributed by atoms with van der Waals surface area (Å²) in [6, 6.07) is 0. The Bertz CT molecular complexity index is 163. The Balaban J connectivity index is 0. The minimum atomic E-state index is -1.56. The molecule has 0 saturated heterocycles. The molecule has 0 saturated carbocycles. The van der Waals surface area contributed by atoms with Crippen molar-refractivity contribution in [2.24, 2.45) is 0 Å². The van der Waals surface area contributed by atoms with Crippen molar-refractivity contribution < 1.29 is 36.9 Å². The van der Waals surface area contributed by atoms with Gasteiger partial charge in [-0.25, -0.2) is 0 Å². The molecule has 4 nitrogen and oxygen atoms in total. The number of aliphatic carboxylic acids is 2. The van der Waals surface area contributed by atoms with Crippen LogP contribution >= 0.6 is 0 Å². The van der Waals surface area contributed by atoms with Gasteiger partial charge in [0.25, 0.3) is 0 Å². The van der Waals surface area contributed by atoms with E-state index in [-0.39, 0.29) is 17.1 Å². The zero-order chi connectivity index (χ0) is 7.44. The van der Waals surface area contributed by atoms with Gasteiger partial charge in [0.05, 0.1) is 5.97 Å². The van der Waals surface area contributed by atoms with Crippen molar-refractivity contribution in [2.45, 2.75) is 6.42 Å². The first-order chi connectivity index (χ1) is 4.04. The van der Waals surface area contributed by atoms with Gasteiger partial charge in [0.15, 0.2) is 0 Å². The van der Waals surface area contributed by atoms with Crippen LogP contribution in [0.5, 0.6) is 0 Å². The van der Waals surface area contributed by atoms with Gasteiger partial charge in [-0.05, 0) is 5.57 Å². The SMILES string of the molecule is C=C(CC(=O)[O-])C(=O)[O-].[Cu+2]. The average Bonchev–Trinajstić information content (AvgIpc) is 1.63. The van der Waals surface area contributed by atoms with Gasteiger partial charge in [-0.15, -0.1) is 0 Å². The second kappa shape index (κ2) is 5.02. The predicted molar refractivity (Wildman–Crippen MR) is 23.8 cm³/mol. The maximum absolute atomic E-state index is 9.73. The number of carbonyl (C=O) groups is 2. The molecule has 0 spiro atoms. The molecule has 0 aliphatic heterocycles. The predicted octanol–water partition coefficient (Wildman–Crippen LogP) is -2.57. The number of carboxylic acids is 2. The molecule has 0 bridgehead atoms. The van der Waals surface area contributed by atoms with Crippen molar-refractivity contribution in [3.05, 3.63) is 12.2 Å². The van der Waals surface area contributed by atoms with E-state index in [0.29, 0.717) is 0 Å². The molecular weight excluding hydrogens is 188 g/mol. The van der Waals surface area contributed by atoms with Crippen LogP contribution in [0.1, 0.15) is 6.42 Å². The minimum Gasteiger partial charge on any atom is -0.550 e. The van der Waals surface area contributed by atoms with E-state index < -0.39 is 23.9 Å². The van der Waals surface area contributed by atoms with Gasteiger partial charge < -0.3 is 19.8 Å². The summed E-state index contributed by atoms with van der Waals surface area (Å²) in [6.07, 6.45) is -0.678. The molecular formula is C5H4CuO4. The molecule has 0 fully saturated rings. The second-order valence-corrected chi connectivity index (χ2v) is 1.44. The number of carboxylic acid groups (broad SMARTS) is 2. The van der Waals surface area contributed by atoms with E-state index in [9.17, 15) is 19.8 Å². The van der Waals surface area contributed by atoms with Gasteiger partial charge in [-0.3, -0.25) is 0 Å². The van der Waals surface area contributed by atoms with Gasteiger partial charge >= 0.3 is 17.1 Å². The zero-order valence-electron chi connectivity index (χ0n) is 4.85. The summed E-state index contributed by atoms with van der Waals surface area (Å²) < 4.78 is 0. The smallest absolute Gasteiger partial charge is 0.550 e. The molecule has 0 heterocycles. The fourth-order valence-corrected chi connectivity index (χ4v) is 0.246. The summed E-state index contributed by atoms with van der Waals surface area (Å²) in [5.74, 6) is -3.02. The summed E-state index contributed by atoms with van der Waals surface area (Å²) in [5.41, 5.74) is -0.477. The van der Waals surface area contributed by atoms with Crippen molar-refractivity contribution in [1.29, 1.82) is 0 Å². The molecule has 1 radical (unpaired) electrons. The molecule has 0 N–H and O–H groups in total. The van der Waals surface area contributed by atoms with Crippen molar-refractivity contribution in [2.75, 3.05) is 0 Å². The Morgan fingerprint density at radius 3 is 1.80 bits per heavy atom. The molecule has 59 valence electrons. The van der Waals surface area contributed by atoms with Gasteiger partial charge in [0.2, 0.25) is 0 Å². The van der Waals surface area contributed by atoms with Crippen LogP contribution in [-0.4, -0.2) is 11.9 Å². The summed E-state index contributed by atoms with van der Waals surface area (Å²) in [6.45, 7) is 2.91. The van der Waals surface area contributed by atoms with Crippen molar-refractivity contribution in [3.63, 3.8) is 0 Å². The Hall–Kier alpha value is -0.801. The van der Waals surface area contributed by atoms with Crippen molar-refractivity contribution in [1.82, 2.24) is 0 Å². The van der Waals surface area contributed by atoms with Crippen molar-refractivity contribution >= 4 is 11.9 Å². The largest absolute Gasteiger partial charge is 2.00 e. The summed E-state index contributed by atoms with van der Waals surface area (Å²) in [4.78, 5) is 19.4. The molecule has 0 aromatic rings. The number of hydrogen-bond donors (Lipinski definition) is 0. The second-order valence-electron chi connectivity index (χ2n) is 1.44. The molecule has 0 amide bonds. The van der Waals surface area contributed by atoms with Crippen molar-refractivity contribution in [3.8, 4) is 0 Å². The summed E-state index contributed by atoms with van der Waals surface area (Å²) >= 11 is 0. The van der Waals surface area contributed by atoms with Crippen LogP contribution in [0.25, 0.3) is 0 Å². The van der Waals surface area contributed by atoms with Crippen LogP contribution in [0.4, 0.5) is 0 Å². The monoisotopic (exact) mass is 191 g/mol. The van der Waals surface area contributed by atoms with Crippen LogP contribution in [0.2, 0.25) is 0 Å². The Kier molecular flexibility index (Phi) is 5.99. The first-order valence-electron chi connectivity index (χ1n) is 2.13. The molecule has 0 aliphatic carbocycles. The third-order valence-electron chi connectivity index (χ3n) is 0.646. The van der Waals surface area contributed by atoms with Crippen LogP contribution in [-0.2, 0) is 26.7 Å². The first-order valence-corrected chi connectivity index (χ1v) is 2.13. The number of rotatable bonds is 3. The molecule has 5 heteroatoms. The number of carbonyl (C=O) groups excluding carboxylic acids is 2. The molecule has 10 heavy (non-hydrogen) atoms. The molecule has 0 rings (SSSR count). The third kappa shape index (κ3) is 5.34. The Labute approximate surface area is 68.0 Å². The van der Waals surface area contributed by atoms with E-state index >= 15 is 0 Å². The fraction of sp³-hybridized carbons (Fsp3) is 0.200. The maximum Gasteiger partial charge on any atom is 2.00 e.